The number of rotatable bonds is 4. The predicted molar refractivity (Wildman–Crippen MR) is 88.9 cm³/mol. The van der Waals surface area contributed by atoms with E-state index in [0.717, 1.165) is 31.8 Å². The van der Waals surface area contributed by atoms with Gasteiger partial charge in [-0.1, -0.05) is 19.3 Å². The molecular weight excluding hydrogens is 290 g/mol. The van der Waals surface area contributed by atoms with Crippen LogP contribution in [0.4, 0.5) is 0 Å². The van der Waals surface area contributed by atoms with Crippen LogP contribution in [0.3, 0.4) is 0 Å². The molecule has 126 valence electrons. The number of amides is 1. The highest BCUT2D eigenvalue weighted by atomic mass is 16.5. The molecule has 1 amide bonds. The number of hydrogen-bond acceptors (Lipinski definition) is 3. The van der Waals surface area contributed by atoms with Gasteiger partial charge in [-0.25, -0.2) is 0 Å². The minimum atomic E-state index is -0.0740. The average molecular weight is 317 g/mol. The number of nitrogens with one attached hydrogen (secondary N) is 1. The summed E-state index contributed by atoms with van der Waals surface area (Å²) in [5, 5.41) is 14.2. The lowest BCUT2D eigenvalue weighted by Crippen LogP contribution is -2.49. The Labute approximate surface area is 138 Å². The van der Waals surface area contributed by atoms with Gasteiger partial charge in [-0.3, -0.25) is 4.79 Å². The fraction of sp³-hybridized carbons (Fsp3) is 0.667. The van der Waals surface area contributed by atoms with Crippen molar-refractivity contribution in [1.82, 2.24) is 10.2 Å². The van der Waals surface area contributed by atoms with Crippen molar-refractivity contribution in [3.8, 4) is 0 Å². The van der Waals surface area contributed by atoms with E-state index < -0.39 is 0 Å². The Kier molecular flexibility index (Phi) is 5.49. The predicted octanol–water partition coefficient (Wildman–Crippen LogP) is 2.09. The Morgan fingerprint density at radius 1 is 1.17 bits per heavy atom. The van der Waals surface area contributed by atoms with Crippen LogP contribution in [0.25, 0.3) is 0 Å². The molecule has 1 atom stereocenters. The Morgan fingerprint density at radius 2 is 1.91 bits per heavy atom. The largest absolute Gasteiger partial charge is 0.619 e. The molecule has 5 nitrogen and oxygen atoms in total. The summed E-state index contributed by atoms with van der Waals surface area (Å²) >= 11 is 0. The number of aromatic nitrogens is 1. The molecule has 1 aliphatic carbocycles. The highest BCUT2D eigenvalue weighted by Gasteiger charge is 2.24. The van der Waals surface area contributed by atoms with E-state index in [0.29, 0.717) is 10.3 Å². The summed E-state index contributed by atoms with van der Waals surface area (Å²) in [5.74, 6) is 0.773. The summed E-state index contributed by atoms with van der Waals surface area (Å²) in [6, 6.07) is 3.37. The van der Waals surface area contributed by atoms with Crippen LogP contribution >= 0.6 is 0 Å². The van der Waals surface area contributed by atoms with Crippen molar-refractivity contribution in [3.05, 3.63) is 35.3 Å². The van der Waals surface area contributed by atoms with E-state index in [-0.39, 0.29) is 11.9 Å². The highest BCUT2D eigenvalue weighted by molar-refractivity contribution is 5.94. The van der Waals surface area contributed by atoms with E-state index in [1.54, 1.807) is 12.1 Å². The summed E-state index contributed by atoms with van der Waals surface area (Å²) in [4.78, 5) is 14.8. The number of pyridine rings is 1. The number of hydrogen-bond donors (Lipinski definition) is 1. The summed E-state index contributed by atoms with van der Waals surface area (Å²) in [6.45, 7) is 3.30. The van der Waals surface area contributed by atoms with E-state index >= 15 is 0 Å². The molecule has 1 saturated heterocycles. The Bertz CT molecular complexity index is 512. The van der Waals surface area contributed by atoms with Crippen LogP contribution in [0.15, 0.2) is 24.5 Å². The van der Waals surface area contributed by atoms with Crippen LogP contribution in [0.2, 0.25) is 0 Å². The van der Waals surface area contributed by atoms with Crippen molar-refractivity contribution in [3.63, 3.8) is 0 Å². The molecule has 23 heavy (non-hydrogen) atoms. The van der Waals surface area contributed by atoms with Gasteiger partial charge < -0.3 is 15.4 Å². The molecule has 2 aliphatic rings. The van der Waals surface area contributed by atoms with Crippen molar-refractivity contribution in [1.29, 1.82) is 0 Å². The van der Waals surface area contributed by atoms with Gasteiger partial charge in [0.15, 0.2) is 12.4 Å². The smallest absolute Gasteiger partial charge is 0.251 e. The Hall–Kier alpha value is -1.62. The first-order chi connectivity index (χ1) is 11.2. The van der Waals surface area contributed by atoms with Crippen LogP contribution in [0.1, 0.15) is 55.3 Å². The second-order valence-electron chi connectivity index (χ2n) is 7.02. The van der Waals surface area contributed by atoms with Crippen molar-refractivity contribution < 1.29 is 9.52 Å². The van der Waals surface area contributed by atoms with Crippen molar-refractivity contribution >= 4 is 5.91 Å². The molecule has 2 fully saturated rings. The van der Waals surface area contributed by atoms with Gasteiger partial charge >= 0.3 is 0 Å². The maximum Gasteiger partial charge on any atom is 0.251 e. The standard InChI is InChI=1S/C18H27N3O2/c22-18(16-8-11-21(23)12-9-16)19-17-7-4-10-20(14-17)13-15-5-2-1-3-6-15/h8-9,11-12,15,17H,1-7,10,13-14H2,(H,19,22)/t17-/m0/s1. The quantitative estimate of drug-likeness (QED) is 0.683. The third-order valence-corrected chi connectivity index (χ3v) is 5.15. The first-order valence-corrected chi connectivity index (χ1v) is 8.93. The fourth-order valence-electron chi connectivity index (χ4n) is 3.91. The van der Waals surface area contributed by atoms with Crippen LogP contribution in [0.5, 0.6) is 0 Å². The second-order valence-corrected chi connectivity index (χ2v) is 7.02. The van der Waals surface area contributed by atoms with E-state index in [4.69, 9.17) is 0 Å². The second kappa shape index (κ2) is 7.77. The van der Waals surface area contributed by atoms with E-state index in [9.17, 15) is 10.0 Å². The molecule has 1 aliphatic heterocycles. The first kappa shape index (κ1) is 16.2. The van der Waals surface area contributed by atoms with Crippen LogP contribution in [-0.2, 0) is 0 Å². The number of nitrogens with zero attached hydrogens (tertiary/aromatic N) is 2. The molecule has 2 heterocycles. The lowest BCUT2D eigenvalue weighted by atomic mass is 9.88. The van der Waals surface area contributed by atoms with Crippen molar-refractivity contribution in [2.75, 3.05) is 19.6 Å². The maximum absolute atomic E-state index is 12.3. The molecule has 3 rings (SSSR count). The molecule has 0 spiro atoms. The number of carbonyl (C=O) groups is 1. The average Bonchev–Trinajstić information content (AvgIpc) is 2.57. The van der Waals surface area contributed by atoms with Gasteiger partial charge in [0, 0.05) is 31.3 Å². The number of likely N-dealkylation sites (tertiary alicyclic amines) is 1. The third kappa shape index (κ3) is 4.67. The van der Waals surface area contributed by atoms with E-state index in [1.807, 2.05) is 0 Å². The SMILES string of the molecule is O=C(N[C@H]1CCCN(CC2CCCCC2)C1)c1cc[n+]([O-])cc1. The molecule has 1 aromatic heterocycles. The first-order valence-electron chi connectivity index (χ1n) is 8.93. The summed E-state index contributed by atoms with van der Waals surface area (Å²) in [7, 11) is 0. The zero-order chi connectivity index (χ0) is 16.1. The summed E-state index contributed by atoms with van der Waals surface area (Å²) in [6.07, 6.45) is 11.8. The molecule has 1 saturated carbocycles. The zero-order valence-corrected chi connectivity index (χ0v) is 13.7. The molecule has 1 aromatic rings. The number of carbonyl (C=O) groups excluding carboxylic acids is 1. The molecule has 0 radical (unpaired) electrons. The van der Waals surface area contributed by atoms with E-state index in [1.165, 1.54) is 51.0 Å². The molecule has 0 unspecified atom stereocenters. The maximum atomic E-state index is 12.3. The van der Waals surface area contributed by atoms with Gasteiger partial charge in [-0.2, -0.15) is 4.73 Å². The minimum absolute atomic E-state index is 0.0740. The lowest BCUT2D eigenvalue weighted by Gasteiger charge is -2.36. The van der Waals surface area contributed by atoms with Gasteiger partial charge in [0.25, 0.3) is 5.91 Å². The highest BCUT2D eigenvalue weighted by Crippen LogP contribution is 2.25. The molecule has 1 N–H and O–H groups in total. The Morgan fingerprint density at radius 3 is 2.65 bits per heavy atom. The molecular formula is C18H27N3O2. The van der Waals surface area contributed by atoms with Crippen molar-refractivity contribution in [2.45, 2.75) is 51.0 Å². The lowest BCUT2D eigenvalue weighted by molar-refractivity contribution is -0.605. The van der Waals surface area contributed by atoms with Gasteiger partial charge in [0.05, 0.1) is 5.56 Å². The summed E-state index contributed by atoms with van der Waals surface area (Å²) < 4.78 is 0.698. The van der Waals surface area contributed by atoms with Crippen LogP contribution in [0, 0.1) is 11.1 Å². The summed E-state index contributed by atoms with van der Waals surface area (Å²) in [5.41, 5.74) is 0.557. The van der Waals surface area contributed by atoms with Gasteiger partial charge in [0.1, 0.15) is 0 Å². The van der Waals surface area contributed by atoms with Gasteiger partial charge in [0.2, 0.25) is 0 Å². The normalized spacial score (nSPS) is 23.6. The van der Waals surface area contributed by atoms with Crippen LogP contribution in [-0.4, -0.2) is 36.5 Å². The van der Waals surface area contributed by atoms with E-state index in [2.05, 4.69) is 10.2 Å². The third-order valence-electron chi connectivity index (χ3n) is 5.15. The van der Waals surface area contributed by atoms with Crippen molar-refractivity contribution in [2.24, 2.45) is 5.92 Å². The molecule has 0 bridgehead atoms. The minimum Gasteiger partial charge on any atom is -0.619 e. The number of piperidine rings is 1. The van der Waals surface area contributed by atoms with Gasteiger partial charge in [-0.05, 0) is 38.1 Å². The molecule has 0 aromatic carbocycles. The zero-order valence-electron chi connectivity index (χ0n) is 13.7. The van der Waals surface area contributed by atoms with Gasteiger partial charge in [-0.15, -0.1) is 0 Å². The van der Waals surface area contributed by atoms with Crippen LogP contribution < -0.4 is 10.0 Å². The topological polar surface area (TPSA) is 59.3 Å². The Balaban J connectivity index is 1.49. The molecule has 5 heteroatoms. The monoisotopic (exact) mass is 317 g/mol. The fourth-order valence-corrected chi connectivity index (χ4v) is 3.91.